The van der Waals surface area contributed by atoms with Crippen LogP contribution in [0.25, 0.3) is 17.1 Å². The van der Waals surface area contributed by atoms with Gasteiger partial charge in [0.2, 0.25) is 0 Å². The van der Waals surface area contributed by atoms with E-state index in [1.165, 1.54) is 18.7 Å². The number of carbonyl (C=O) groups is 1. The molecule has 0 spiro atoms. The van der Waals surface area contributed by atoms with Crippen molar-refractivity contribution < 1.29 is 19.4 Å². The molecule has 34 heavy (non-hydrogen) atoms. The second-order valence-electron chi connectivity index (χ2n) is 7.56. The summed E-state index contributed by atoms with van der Waals surface area (Å²) in [6, 6.07) is 24.4. The molecule has 4 aromatic rings. The molecule has 0 saturated heterocycles. The molecule has 174 valence electrons. The fraction of sp³-hybridized carbons (Fsp3) is 0.192. The Balaban J connectivity index is 1.46. The maximum atomic E-state index is 11.4. The van der Waals surface area contributed by atoms with Gasteiger partial charge in [-0.05, 0) is 67.6 Å². The molecule has 3 aromatic carbocycles. The molecular formula is C26H25N3O4S. The number of nitrogens with zero attached hydrogens (tertiary/aromatic N) is 3. The van der Waals surface area contributed by atoms with Gasteiger partial charge in [-0.15, -0.1) is 10.2 Å². The van der Waals surface area contributed by atoms with E-state index in [4.69, 9.17) is 9.47 Å². The maximum Gasteiger partial charge on any atom is 0.196 e. The molecule has 1 N–H and O–H groups in total. The number of Topliss-reactive ketones (excluding diaryl/α,β-unsaturated/α-hetero) is 1. The van der Waals surface area contributed by atoms with Crippen LogP contribution in [0.4, 0.5) is 0 Å². The lowest BCUT2D eigenvalue weighted by Crippen LogP contribution is -2.20. The second-order valence-corrected chi connectivity index (χ2v) is 8.55. The summed E-state index contributed by atoms with van der Waals surface area (Å²) in [4.78, 5) is 11.4. The Morgan fingerprint density at radius 2 is 1.65 bits per heavy atom. The number of aliphatic hydroxyl groups is 1. The van der Waals surface area contributed by atoms with Crippen molar-refractivity contribution in [3.63, 3.8) is 0 Å². The van der Waals surface area contributed by atoms with E-state index in [-0.39, 0.29) is 12.4 Å². The van der Waals surface area contributed by atoms with Crippen LogP contribution in [0.5, 0.6) is 11.5 Å². The molecule has 1 unspecified atom stereocenters. The Kier molecular flexibility index (Phi) is 7.61. The highest BCUT2D eigenvalue weighted by Crippen LogP contribution is 2.29. The smallest absolute Gasteiger partial charge is 0.196 e. The summed E-state index contributed by atoms with van der Waals surface area (Å²) in [5, 5.41) is 20.0. The Hall–Kier alpha value is -3.62. The van der Waals surface area contributed by atoms with Crippen molar-refractivity contribution in [1.82, 2.24) is 14.8 Å². The topological polar surface area (TPSA) is 86.5 Å². The van der Waals surface area contributed by atoms with Crippen LogP contribution in [-0.2, 0) is 0 Å². The van der Waals surface area contributed by atoms with Gasteiger partial charge in [-0.2, -0.15) is 0 Å². The summed E-state index contributed by atoms with van der Waals surface area (Å²) in [5.41, 5.74) is 2.45. The van der Waals surface area contributed by atoms with Crippen LogP contribution in [0, 0.1) is 0 Å². The van der Waals surface area contributed by atoms with E-state index in [0.717, 1.165) is 17.0 Å². The van der Waals surface area contributed by atoms with Crippen molar-refractivity contribution in [2.75, 3.05) is 19.5 Å². The molecule has 0 saturated carbocycles. The molecular weight excluding hydrogens is 450 g/mol. The van der Waals surface area contributed by atoms with Gasteiger partial charge in [0.1, 0.15) is 18.1 Å². The Bertz CT molecular complexity index is 1230. The van der Waals surface area contributed by atoms with Crippen molar-refractivity contribution in [3.8, 4) is 28.6 Å². The lowest BCUT2D eigenvalue weighted by Gasteiger charge is -2.14. The number of rotatable bonds is 10. The zero-order chi connectivity index (χ0) is 23.9. The van der Waals surface area contributed by atoms with Gasteiger partial charge in [-0.3, -0.25) is 9.36 Å². The highest BCUT2D eigenvalue weighted by molar-refractivity contribution is 7.99. The van der Waals surface area contributed by atoms with Crippen molar-refractivity contribution in [3.05, 3.63) is 84.4 Å². The van der Waals surface area contributed by atoms with Gasteiger partial charge in [-0.25, -0.2) is 0 Å². The molecule has 0 aliphatic heterocycles. The predicted molar refractivity (Wildman–Crippen MR) is 132 cm³/mol. The molecule has 1 aromatic heterocycles. The van der Waals surface area contributed by atoms with Gasteiger partial charge >= 0.3 is 0 Å². The summed E-state index contributed by atoms with van der Waals surface area (Å²) in [6.45, 7) is 1.64. The first kappa shape index (κ1) is 23.5. The Morgan fingerprint density at radius 1 is 0.971 bits per heavy atom. The van der Waals surface area contributed by atoms with Crippen LogP contribution in [0.15, 0.2) is 84.0 Å². The van der Waals surface area contributed by atoms with Crippen molar-refractivity contribution in [2.24, 2.45) is 0 Å². The van der Waals surface area contributed by atoms with Gasteiger partial charge in [0.15, 0.2) is 16.8 Å². The van der Waals surface area contributed by atoms with Crippen LogP contribution < -0.4 is 9.47 Å². The standard InChI is InChI=1S/C26H25N3O4S/c1-18(30)19-8-14-24(15-9-19)33-16-22(31)17-34-26-28-27-25(20-10-12-23(32-2)13-11-20)29(26)21-6-4-3-5-7-21/h3-15,22,31H,16-17H2,1-2H3. The zero-order valence-corrected chi connectivity index (χ0v) is 19.7. The molecule has 7 nitrogen and oxygen atoms in total. The highest BCUT2D eigenvalue weighted by atomic mass is 32.2. The highest BCUT2D eigenvalue weighted by Gasteiger charge is 2.18. The van der Waals surface area contributed by atoms with Crippen molar-refractivity contribution in [2.45, 2.75) is 18.2 Å². The number of carbonyl (C=O) groups excluding carboxylic acids is 1. The minimum Gasteiger partial charge on any atom is -0.497 e. The molecule has 0 aliphatic carbocycles. The molecule has 0 aliphatic rings. The van der Waals surface area contributed by atoms with E-state index >= 15 is 0 Å². The van der Waals surface area contributed by atoms with E-state index in [2.05, 4.69) is 10.2 Å². The number of ether oxygens (including phenoxy) is 2. The zero-order valence-electron chi connectivity index (χ0n) is 18.9. The SMILES string of the molecule is COc1ccc(-c2nnc(SCC(O)COc3ccc(C(C)=O)cc3)n2-c2ccccc2)cc1. The third-order valence-corrected chi connectivity index (χ3v) is 6.18. The largest absolute Gasteiger partial charge is 0.497 e. The number of aliphatic hydroxyl groups excluding tert-OH is 1. The van der Waals surface area contributed by atoms with Crippen LogP contribution >= 0.6 is 11.8 Å². The Labute approximate surface area is 202 Å². The first-order chi connectivity index (χ1) is 16.5. The number of aromatic nitrogens is 3. The van der Waals surface area contributed by atoms with Gasteiger partial charge in [-0.1, -0.05) is 30.0 Å². The van der Waals surface area contributed by atoms with Crippen LogP contribution in [0.1, 0.15) is 17.3 Å². The number of ketones is 1. The fourth-order valence-corrected chi connectivity index (χ4v) is 4.15. The van der Waals surface area contributed by atoms with Crippen molar-refractivity contribution in [1.29, 1.82) is 0 Å². The van der Waals surface area contributed by atoms with Crippen LogP contribution in [0.3, 0.4) is 0 Å². The number of para-hydroxylation sites is 1. The molecule has 0 radical (unpaired) electrons. The van der Waals surface area contributed by atoms with Crippen molar-refractivity contribution >= 4 is 17.5 Å². The minimum absolute atomic E-state index is 0.000443. The molecule has 1 atom stereocenters. The van der Waals surface area contributed by atoms with Gasteiger partial charge in [0, 0.05) is 22.6 Å². The molecule has 4 rings (SSSR count). The predicted octanol–water partition coefficient (Wildman–Crippen LogP) is 4.68. The van der Waals surface area contributed by atoms with E-state index in [0.29, 0.717) is 28.0 Å². The maximum absolute atomic E-state index is 11.4. The van der Waals surface area contributed by atoms with Gasteiger partial charge in [0.05, 0.1) is 13.2 Å². The quantitative estimate of drug-likeness (QED) is 0.263. The second kappa shape index (κ2) is 11.0. The van der Waals surface area contributed by atoms with E-state index in [9.17, 15) is 9.90 Å². The van der Waals surface area contributed by atoms with E-state index < -0.39 is 6.10 Å². The third-order valence-electron chi connectivity index (χ3n) is 5.10. The molecule has 0 bridgehead atoms. The first-order valence-electron chi connectivity index (χ1n) is 10.7. The summed E-state index contributed by atoms with van der Waals surface area (Å²) < 4.78 is 12.9. The van der Waals surface area contributed by atoms with Crippen LogP contribution in [0.2, 0.25) is 0 Å². The normalized spacial score (nSPS) is 11.7. The minimum atomic E-state index is -0.720. The average molecular weight is 476 g/mol. The Morgan fingerprint density at radius 3 is 2.29 bits per heavy atom. The van der Waals surface area contributed by atoms with Gasteiger partial charge < -0.3 is 14.6 Å². The number of hydrogen-bond acceptors (Lipinski definition) is 7. The monoisotopic (exact) mass is 475 g/mol. The van der Waals surface area contributed by atoms with Gasteiger partial charge in [0.25, 0.3) is 0 Å². The number of methoxy groups -OCH3 is 1. The van der Waals surface area contributed by atoms with E-state index in [1.807, 2.05) is 59.2 Å². The summed E-state index contributed by atoms with van der Waals surface area (Å²) in [6.07, 6.45) is -0.720. The molecule has 1 heterocycles. The molecule has 0 fully saturated rings. The van der Waals surface area contributed by atoms with E-state index in [1.54, 1.807) is 31.4 Å². The molecule has 0 amide bonds. The molecule has 8 heteroatoms. The number of hydrogen-bond donors (Lipinski definition) is 1. The third kappa shape index (κ3) is 5.65. The fourth-order valence-electron chi connectivity index (χ4n) is 3.30. The lowest BCUT2D eigenvalue weighted by atomic mass is 10.1. The van der Waals surface area contributed by atoms with Crippen LogP contribution in [-0.4, -0.2) is 51.2 Å². The number of thioether (sulfide) groups is 1. The summed E-state index contributed by atoms with van der Waals surface area (Å²) in [5.74, 6) is 2.44. The summed E-state index contributed by atoms with van der Waals surface area (Å²) >= 11 is 1.40. The lowest BCUT2D eigenvalue weighted by molar-refractivity contribution is 0.101. The number of benzene rings is 3. The first-order valence-corrected chi connectivity index (χ1v) is 11.7. The summed E-state index contributed by atoms with van der Waals surface area (Å²) in [7, 11) is 1.63. The average Bonchev–Trinajstić information content (AvgIpc) is 3.31.